The highest BCUT2D eigenvalue weighted by molar-refractivity contribution is 7.13. The first kappa shape index (κ1) is 20.2. The molecule has 158 valence electrons. The fourth-order valence-electron chi connectivity index (χ4n) is 2.76. The summed E-state index contributed by atoms with van der Waals surface area (Å²) < 4.78 is 6.26. The number of aromatic amines is 1. The van der Waals surface area contributed by atoms with E-state index < -0.39 is 16.7 Å². The first-order valence-corrected chi connectivity index (χ1v) is 10.0. The number of nitrogens with zero attached hydrogens (tertiary/aromatic N) is 4. The second-order valence-corrected chi connectivity index (χ2v) is 7.75. The molecule has 11 nitrogen and oxygen atoms in total. The molecular weight excluding hydrogens is 424 g/mol. The number of carbonyl (C=O) groups excluding carboxylic acids is 1. The summed E-state index contributed by atoms with van der Waals surface area (Å²) in [7, 11) is 0. The summed E-state index contributed by atoms with van der Waals surface area (Å²) in [5.74, 6) is -1.18. The Balaban J connectivity index is 1.77. The standard InChI is InChI=1S/C19H16N6O5S/c1-10(2)11-9-16(26)22-19(20-11)24-15(8-12(23-24)14-4-3-7-31-14)21-18(27)13-5-6-17(30-13)25(28)29/h3-10H,1-2H3,(H,21,27)(H,20,22,26). The normalized spacial score (nSPS) is 11.1. The van der Waals surface area contributed by atoms with Crippen molar-refractivity contribution in [3.63, 3.8) is 0 Å². The van der Waals surface area contributed by atoms with Gasteiger partial charge in [-0.15, -0.1) is 11.3 Å². The van der Waals surface area contributed by atoms with Gasteiger partial charge in [0.25, 0.3) is 11.5 Å². The molecule has 4 aromatic rings. The monoisotopic (exact) mass is 440 g/mol. The van der Waals surface area contributed by atoms with Gasteiger partial charge in [0, 0.05) is 12.1 Å². The zero-order chi connectivity index (χ0) is 22.1. The second-order valence-electron chi connectivity index (χ2n) is 6.80. The molecule has 0 aliphatic rings. The molecule has 12 heteroatoms. The lowest BCUT2D eigenvalue weighted by atomic mass is 10.1. The van der Waals surface area contributed by atoms with E-state index in [0.29, 0.717) is 11.4 Å². The number of hydrogen-bond donors (Lipinski definition) is 2. The van der Waals surface area contributed by atoms with Crippen LogP contribution in [0.5, 0.6) is 0 Å². The van der Waals surface area contributed by atoms with E-state index in [0.717, 1.165) is 10.9 Å². The van der Waals surface area contributed by atoms with Crippen molar-refractivity contribution in [2.45, 2.75) is 19.8 Å². The molecular formula is C19H16N6O5S. The Kier molecular flexibility index (Phi) is 5.21. The van der Waals surface area contributed by atoms with E-state index in [1.165, 1.54) is 28.2 Å². The van der Waals surface area contributed by atoms with Gasteiger partial charge in [-0.1, -0.05) is 19.9 Å². The molecule has 0 aliphatic carbocycles. The second kappa shape index (κ2) is 7.99. The fourth-order valence-corrected chi connectivity index (χ4v) is 3.44. The number of H-pyrrole nitrogens is 1. The van der Waals surface area contributed by atoms with E-state index in [9.17, 15) is 19.7 Å². The van der Waals surface area contributed by atoms with Crippen LogP contribution in [0, 0.1) is 10.1 Å². The maximum absolute atomic E-state index is 12.6. The molecule has 0 saturated heterocycles. The Bertz CT molecular complexity index is 1320. The number of rotatable bonds is 6. The van der Waals surface area contributed by atoms with Gasteiger partial charge in [-0.3, -0.25) is 24.7 Å². The van der Waals surface area contributed by atoms with Gasteiger partial charge in [0.15, 0.2) is 5.76 Å². The third kappa shape index (κ3) is 4.14. The molecule has 2 N–H and O–H groups in total. The van der Waals surface area contributed by atoms with Gasteiger partial charge < -0.3 is 9.73 Å². The predicted octanol–water partition coefficient (Wildman–Crippen LogP) is 3.56. The Labute approximate surface area is 178 Å². The van der Waals surface area contributed by atoms with Crippen LogP contribution in [0.3, 0.4) is 0 Å². The molecule has 0 aliphatic heterocycles. The topological polar surface area (TPSA) is 149 Å². The minimum absolute atomic E-state index is 0.00455. The van der Waals surface area contributed by atoms with Crippen LogP contribution in [0.15, 0.2) is 51.0 Å². The van der Waals surface area contributed by atoms with Crippen LogP contribution in [0.1, 0.15) is 36.0 Å². The average Bonchev–Trinajstić information content (AvgIpc) is 3.47. The number of hydrogen-bond acceptors (Lipinski definition) is 8. The summed E-state index contributed by atoms with van der Waals surface area (Å²) in [5.41, 5.74) is 0.750. The Morgan fingerprint density at radius 3 is 2.77 bits per heavy atom. The van der Waals surface area contributed by atoms with Gasteiger partial charge >= 0.3 is 5.88 Å². The van der Waals surface area contributed by atoms with Crippen molar-refractivity contribution in [1.82, 2.24) is 19.7 Å². The minimum Gasteiger partial charge on any atom is -0.395 e. The van der Waals surface area contributed by atoms with Crippen molar-refractivity contribution < 1.29 is 14.1 Å². The molecule has 4 heterocycles. The maximum atomic E-state index is 12.6. The van der Waals surface area contributed by atoms with Crippen LogP contribution in [0.4, 0.5) is 11.7 Å². The van der Waals surface area contributed by atoms with Gasteiger partial charge in [0.2, 0.25) is 5.95 Å². The summed E-state index contributed by atoms with van der Waals surface area (Å²) in [5, 5.41) is 19.8. The fraction of sp³-hybridized carbons (Fsp3) is 0.158. The molecule has 0 saturated carbocycles. The molecule has 4 aromatic heterocycles. The summed E-state index contributed by atoms with van der Waals surface area (Å²) in [6.07, 6.45) is 0. The minimum atomic E-state index is -0.734. The maximum Gasteiger partial charge on any atom is 0.433 e. The number of furan rings is 1. The summed E-state index contributed by atoms with van der Waals surface area (Å²) in [6, 6.07) is 9.03. The van der Waals surface area contributed by atoms with Crippen LogP contribution < -0.4 is 10.9 Å². The van der Waals surface area contributed by atoms with Crippen molar-refractivity contribution in [3.05, 3.63) is 73.7 Å². The van der Waals surface area contributed by atoms with Gasteiger partial charge in [-0.2, -0.15) is 9.78 Å². The number of amides is 1. The third-order valence-electron chi connectivity index (χ3n) is 4.26. The van der Waals surface area contributed by atoms with E-state index >= 15 is 0 Å². The molecule has 4 rings (SSSR count). The van der Waals surface area contributed by atoms with E-state index in [1.54, 1.807) is 6.07 Å². The van der Waals surface area contributed by atoms with E-state index in [2.05, 4.69) is 20.4 Å². The molecule has 0 spiro atoms. The van der Waals surface area contributed by atoms with Gasteiger partial charge in [0.05, 0.1) is 16.6 Å². The van der Waals surface area contributed by atoms with Gasteiger partial charge in [-0.05, 0) is 23.4 Å². The summed E-state index contributed by atoms with van der Waals surface area (Å²) in [6.45, 7) is 3.80. The Hall–Kier alpha value is -4.06. The molecule has 0 atom stereocenters. The highest BCUT2D eigenvalue weighted by Gasteiger charge is 2.21. The van der Waals surface area contributed by atoms with Crippen molar-refractivity contribution in [2.24, 2.45) is 0 Å². The smallest absolute Gasteiger partial charge is 0.395 e. The van der Waals surface area contributed by atoms with E-state index in [1.807, 2.05) is 31.4 Å². The van der Waals surface area contributed by atoms with Gasteiger partial charge in [-0.25, -0.2) is 4.98 Å². The van der Waals surface area contributed by atoms with E-state index in [4.69, 9.17) is 4.42 Å². The highest BCUT2D eigenvalue weighted by Crippen LogP contribution is 2.28. The molecule has 0 radical (unpaired) electrons. The lowest BCUT2D eigenvalue weighted by molar-refractivity contribution is -0.402. The van der Waals surface area contributed by atoms with Crippen molar-refractivity contribution in [3.8, 4) is 16.5 Å². The van der Waals surface area contributed by atoms with Crippen LogP contribution in [0.25, 0.3) is 16.5 Å². The largest absolute Gasteiger partial charge is 0.433 e. The van der Waals surface area contributed by atoms with Crippen LogP contribution in [-0.4, -0.2) is 30.6 Å². The first-order chi connectivity index (χ1) is 14.8. The zero-order valence-electron chi connectivity index (χ0n) is 16.4. The van der Waals surface area contributed by atoms with Crippen molar-refractivity contribution in [1.29, 1.82) is 0 Å². The molecule has 31 heavy (non-hydrogen) atoms. The summed E-state index contributed by atoms with van der Waals surface area (Å²) >= 11 is 1.45. The molecule has 0 fully saturated rings. The van der Waals surface area contributed by atoms with Crippen LogP contribution in [-0.2, 0) is 0 Å². The number of nitro groups is 1. The van der Waals surface area contributed by atoms with Crippen LogP contribution >= 0.6 is 11.3 Å². The molecule has 1 amide bonds. The average molecular weight is 440 g/mol. The zero-order valence-corrected chi connectivity index (χ0v) is 17.2. The quantitative estimate of drug-likeness (QED) is 0.344. The van der Waals surface area contributed by atoms with Crippen molar-refractivity contribution >= 4 is 28.9 Å². The van der Waals surface area contributed by atoms with E-state index in [-0.39, 0.29) is 29.0 Å². The third-order valence-corrected chi connectivity index (χ3v) is 5.15. The lowest BCUT2D eigenvalue weighted by Gasteiger charge is -2.09. The van der Waals surface area contributed by atoms with Gasteiger partial charge in [0.1, 0.15) is 16.4 Å². The number of nitrogens with one attached hydrogen (secondary N) is 2. The molecule has 0 unspecified atom stereocenters. The Morgan fingerprint density at radius 2 is 2.13 bits per heavy atom. The van der Waals surface area contributed by atoms with Crippen LogP contribution in [0.2, 0.25) is 0 Å². The number of thiophene rings is 1. The molecule has 0 bridgehead atoms. The Morgan fingerprint density at radius 1 is 1.32 bits per heavy atom. The SMILES string of the molecule is CC(C)c1cc(=O)[nH]c(-n2nc(-c3cccs3)cc2NC(=O)c2ccc([N+](=O)[O-])o2)n1. The highest BCUT2D eigenvalue weighted by atomic mass is 32.1. The molecule has 0 aromatic carbocycles. The first-order valence-electron chi connectivity index (χ1n) is 9.13. The number of aromatic nitrogens is 4. The predicted molar refractivity (Wildman–Crippen MR) is 113 cm³/mol. The summed E-state index contributed by atoms with van der Waals surface area (Å²) in [4.78, 5) is 42.7. The lowest BCUT2D eigenvalue weighted by Crippen LogP contribution is -2.19. The number of carbonyl (C=O) groups is 1. The van der Waals surface area contributed by atoms with Crippen molar-refractivity contribution in [2.75, 3.05) is 5.32 Å². The number of anilines is 1.